The molecule has 0 spiro atoms. The number of carbonyl (C=O) groups is 1. The lowest BCUT2D eigenvalue weighted by atomic mass is 9.92. The number of aromatic nitrogens is 4. The number of hydrogen-bond acceptors (Lipinski definition) is 7. The van der Waals surface area contributed by atoms with Gasteiger partial charge in [-0.05, 0) is 53.6 Å². The average molecular weight is 494 g/mol. The second kappa shape index (κ2) is 12.5. The second-order valence-electron chi connectivity index (χ2n) is 7.56. The molecule has 1 aliphatic rings. The smallest absolute Gasteiger partial charge is 0.254 e. The Kier molecular flexibility index (Phi) is 10.1. The lowest BCUT2D eigenvalue weighted by molar-refractivity contribution is -0.114. The normalized spacial score (nSPS) is 17.4. The number of anilines is 1. The molecule has 1 amide bonds. The van der Waals surface area contributed by atoms with Crippen molar-refractivity contribution in [2.75, 3.05) is 19.0 Å². The average Bonchev–Trinajstić information content (AvgIpc) is 3.25. The number of tetrazole rings is 1. The topological polar surface area (TPSA) is 106 Å². The van der Waals surface area contributed by atoms with Gasteiger partial charge in [0, 0.05) is 31.1 Å². The molecular weight excluding hydrogens is 465 g/mol. The Morgan fingerprint density at radius 1 is 1.21 bits per heavy atom. The number of carbonyl (C=O) groups excluding carboxylic acids is 1. The predicted octanol–water partition coefficient (Wildman–Crippen LogP) is 3.06. The van der Waals surface area contributed by atoms with Gasteiger partial charge in [0.1, 0.15) is 5.75 Å². The van der Waals surface area contributed by atoms with E-state index in [2.05, 4.69) is 55.7 Å². The molecular formula is C22H29Cl2N7O2. The number of methoxy groups -OCH3 is 1. The highest BCUT2D eigenvalue weighted by Gasteiger charge is 2.26. The summed E-state index contributed by atoms with van der Waals surface area (Å²) in [6.07, 6.45) is 2.22. The molecule has 0 radical (unpaired) electrons. The van der Waals surface area contributed by atoms with Gasteiger partial charge in [-0.15, -0.1) is 24.8 Å². The van der Waals surface area contributed by atoms with Crippen LogP contribution in [-0.4, -0.2) is 45.8 Å². The zero-order valence-electron chi connectivity index (χ0n) is 18.5. The molecule has 0 saturated carbocycles. The second-order valence-corrected chi connectivity index (χ2v) is 7.56. The number of nitrogens with zero attached hydrogens (tertiary/aromatic N) is 4. The Hall–Kier alpha value is -2.72. The molecule has 1 aromatic heterocycles. The fourth-order valence-corrected chi connectivity index (χ4v) is 3.99. The molecule has 11 heteroatoms. The zero-order chi connectivity index (χ0) is 21.6. The SMILES string of the molecule is COc1ccc(-n2nnnc2NC(C)=O)cc1CN[C@H]1CCCN[C@H]1c1ccccc1.Cl.Cl. The summed E-state index contributed by atoms with van der Waals surface area (Å²) in [7, 11) is 1.66. The lowest BCUT2D eigenvalue weighted by Gasteiger charge is -2.34. The number of piperidine rings is 1. The van der Waals surface area contributed by atoms with E-state index >= 15 is 0 Å². The van der Waals surface area contributed by atoms with Gasteiger partial charge in [0.25, 0.3) is 5.95 Å². The van der Waals surface area contributed by atoms with Crippen LogP contribution in [0.25, 0.3) is 5.69 Å². The van der Waals surface area contributed by atoms with Crippen LogP contribution in [0.3, 0.4) is 0 Å². The third-order valence-corrected chi connectivity index (χ3v) is 5.44. The van der Waals surface area contributed by atoms with E-state index in [0.29, 0.717) is 12.6 Å². The highest BCUT2D eigenvalue weighted by atomic mass is 35.5. The first-order chi connectivity index (χ1) is 15.2. The summed E-state index contributed by atoms with van der Waals surface area (Å²) in [6.45, 7) is 3.07. The highest BCUT2D eigenvalue weighted by Crippen LogP contribution is 2.26. The molecule has 2 aromatic carbocycles. The number of nitrogens with one attached hydrogen (secondary N) is 3. The standard InChI is InChI=1S/C22H27N7O2.2ClH/c1-15(30)25-22-26-27-28-29(22)18-10-11-20(31-2)17(13-18)14-24-19-9-6-12-23-21(19)16-7-4-3-5-8-16;;/h3-5,7-8,10-11,13,19,21,23-24H,6,9,12,14H2,1-2H3,(H,25,26,28,30);2*1H/t19-,21-;;/m0../s1. The van der Waals surface area contributed by atoms with Crippen molar-refractivity contribution in [1.82, 2.24) is 30.8 Å². The minimum absolute atomic E-state index is 0. The van der Waals surface area contributed by atoms with E-state index in [1.807, 2.05) is 24.3 Å². The molecule has 1 saturated heterocycles. The van der Waals surface area contributed by atoms with E-state index in [9.17, 15) is 4.79 Å². The molecule has 33 heavy (non-hydrogen) atoms. The maximum absolute atomic E-state index is 11.4. The molecule has 0 bridgehead atoms. The van der Waals surface area contributed by atoms with E-state index in [1.165, 1.54) is 17.2 Å². The quantitative estimate of drug-likeness (QED) is 0.464. The third-order valence-electron chi connectivity index (χ3n) is 5.44. The molecule has 0 aliphatic carbocycles. The molecule has 3 aromatic rings. The van der Waals surface area contributed by atoms with Crippen molar-refractivity contribution in [1.29, 1.82) is 0 Å². The van der Waals surface area contributed by atoms with E-state index in [0.717, 1.165) is 36.4 Å². The molecule has 4 rings (SSSR count). The summed E-state index contributed by atoms with van der Waals surface area (Å²) >= 11 is 0. The van der Waals surface area contributed by atoms with Gasteiger partial charge >= 0.3 is 0 Å². The summed E-state index contributed by atoms with van der Waals surface area (Å²) < 4.78 is 7.08. The van der Waals surface area contributed by atoms with Gasteiger partial charge in [-0.25, -0.2) is 0 Å². The van der Waals surface area contributed by atoms with Gasteiger partial charge in [-0.1, -0.05) is 35.4 Å². The third kappa shape index (κ3) is 6.42. The zero-order valence-corrected chi connectivity index (χ0v) is 20.2. The van der Waals surface area contributed by atoms with E-state index in [-0.39, 0.29) is 42.7 Å². The van der Waals surface area contributed by atoms with Crippen LogP contribution in [0.5, 0.6) is 5.75 Å². The van der Waals surface area contributed by atoms with Gasteiger partial charge in [-0.2, -0.15) is 4.68 Å². The largest absolute Gasteiger partial charge is 0.496 e. The number of halogens is 2. The Morgan fingerprint density at radius 2 is 2.00 bits per heavy atom. The summed E-state index contributed by atoms with van der Waals surface area (Å²) in [5.74, 6) is 0.825. The first-order valence-electron chi connectivity index (χ1n) is 10.4. The molecule has 0 unspecified atom stereocenters. The van der Waals surface area contributed by atoms with Crippen molar-refractivity contribution in [3.8, 4) is 11.4 Å². The molecule has 2 atom stereocenters. The van der Waals surface area contributed by atoms with E-state index in [4.69, 9.17) is 4.74 Å². The maximum atomic E-state index is 11.4. The van der Waals surface area contributed by atoms with Gasteiger partial charge in [0.2, 0.25) is 5.91 Å². The summed E-state index contributed by atoms with van der Waals surface area (Å²) in [6, 6.07) is 16.8. The minimum Gasteiger partial charge on any atom is -0.496 e. The molecule has 9 nitrogen and oxygen atoms in total. The highest BCUT2D eigenvalue weighted by molar-refractivity contribution is 5.87. The number of hydrogen-bond donors (Lipinski definition) is 3. The number of ether oxygens (including phenoxy) is 1. The number of benzene rings is 2. The molecule has 1 aliphatic heterocycles. The van der Waals surface area contributed by atoms with Crippen molar-refractivity contribution in [2.24, 2.45) is 0 Å². The molecule has 178 valence electrons. The Balaban J connectivity index is 0.00000193. The van der Waals surface area contributed by atoms with Crippen LogP contribution in [0.15, 0.2) is 48.5 Å². The lowest BCUT2D eigenvalue weighted by Crippen LogP contribution is -2.45. The van der Waals surface area contributed by atoms with Crippen LogP contribution in [0.1, 0.15) is 36.9 Å². The van der Waals surface area contributed by atoms with Crippen molar-refractivity contribution < 1.29 is 9.53 Å². The minimum atomic E-state index is -0.233. The van der Waals surface area contributed by atoms with Crippen molar-refractivity contribution >= 4 is 36.7 Å². The molecule has 3 N–H and O–H groups in total. The van der Waals surface area contributed by atoms with Crippen LogP contribution in [0, 0.1) is 0 Å². The van der Waals surface area contributed by atoms with Gasteiger partial charge in [0.15, 0.2) is 0 Å². The van der Waals surface area contributed by atoms with Gasteiger partial charge < -0.3 is 15.4 Å². The van der Waals surface area contributed by atoms with Crippen LogP contribution in [0.4, 0.5) is 5.95 Å². The molecule has 1 fully saturated rings. The monoisotopic (exact) mass is 493 g/mol. The van der Waals surface area contributed by atoms with Crippen molar-refractivity contribution in [3.63, 3.8) is 0 Å². The maximum Gasteiger partial charge on any atom is 0.254 e. The predicted molar refractivity (Wildman–Crippen MR) is 132 cm³/mol. The first kappa shape index (κ1) is 26.5. The summed E-state index contributed by atoms with van der Waals surface area (Å²) in [5.41, 5.74) is 3.02. The first-order valence-corrected chi connectivity index (χ1v) is 10.4. The Labute approximate surface area is 205 Å². The molecule has 2 heterocycles. The van der Waals surface area contributed by atoms with Crippen LogP contribution >= 0.6 is 24.8 Å². The fourth-order valence-electron chi connectivity index (χ4n) is 3.99. The number of rotatable bonds is 7. The number of amides is 1. The van der Waals surface area contributed by atoms with E-state index < -0.39 is 0 Å². The summed E-state index contributed by atoms with van der Waals surface area (Å²) in [4.78, 5) is 11.4. The van der Waals surface area contributed by atoms with Crippen LogP contribution in [0.2, 0.25) is 0 Å². The summed E-state index contributed by atoms with van der Waals surface area (Å²) in [5, 5.41) is 21.6. The van der Waals surface area contributed by atoms with Gasteiger partial charge in [0.05, 0.1) is 12.8 Å². The Morgan fingerprint density at radius 3 is 2.73 bits per heavy atom. The van der Waals surface area contributed by atoms with Crippen molar-refractivity contribution in [3.05, 3.63) is 59.7 Å². The fraction of sp³-hybridized carbons (Fsp3) is 0.364. The van der Waals surface area contributed by atoms with Gasteiger partial charge in [-0.3, -0.25) is 10.1 Å². The Bertz CT molecular complexity index is 1030. The van der Waals surface area contributed by atoms with Crippen LogP contribution in [-0.2, 0) is 11.3 Å². The van der Waals surface area contributed by atoms with E-state index in [1.54, 1.807) is 7.11 Å². The van der Waals surface area contributed by atoms with Crippen molar-refractivity contribution in [2.45, 2.75) is 38.4 Å². The van der Waals surface area contributed by atoms with Crippen LogP contribution < -0.4 is 20.7 Å².